The monoisotopic (exact) mass is 495 g/mol. The highest BCUT2D eigenvalue weighted by Crippen LogP contribution is 2.50. The average Bonchev–Trinajstić information content (AvgIpc) is 2.89. The Morgan fingerprint density at radius 1 is 0.657 bits per heavy atom. The first kappa shape index (κ1) is 22.0. The minimum atomic E-state index is -0.353. The fraction of sp³-hybridized carbons (Fsp3) is 0.0968. The number of benzene rings is 5. The summed E-state index contributed by atoms with van der Waals surface area (Å²) in [7, 11) is 0. The summed E-state index contributed by atoms with van der Waals surface area (Å²) in [4.78, 5) is 2.35. The minimum absolute atomic E-state index is 0.0796. The standard InChI is InChI=1S/C31H23Cl2NO/c1-20-6-17-26(18-7-20)34-29(22-8-13-24(32)14-9-22)28-19-12-21-4-2-3-5-27(21)30(28)35-31(34)23-10-15-25(33)16-11-23/h2-19,29,31H,1H3/t29-,31-/m1/s1. The van der Waals surface area contributed by atoms with Crippen LogP contribution in [0, 0.1) is 6.92 Å². The molecule has 2 atom stereocenters. The summed E-state index contributed by atoms with van der Waals surface area (Å²) in [6.45, 7) is 2.10. The van der Waals surface area contributed by atoms with Gasteiger partial charge in [-0.2, -0.15) is 0 Å². The van der Waals surface area contributed by atoms with Gasteiger partial charge < -0.3 is 9.64 Å². The quantitative estimate of drug-likeness (QED) is 0.247. The molecule has 0 radical (unpaired) electrons. The van der Waals surface area contributed by atoms with E-state index in [0.717, 1.165) is 43.9 Å². The van der Waals surface area contributed by atoms with Crippen molar-refractivity contribution in [2.24, 2.45) is 0 Å². The summed E-state index contributed by atoms with van der Waals surface area (Å²) in [6.07, 6.45) is -0.353. The number of hydrogen-bond donors (Lipinski definition) is 0. The van der Waals surface area contributed by atoms with Crippen molar-refractivity contribution >= 4 is 39.7 Å². The number of ether oxygens (including phenoxy) is 1. The van der Waals surface area contributed by atoms with Crippen LogP contribution in [0.4, 0.5) is 5.69 Å². The molecule has 0 bridgehead atoms. The molecule has 5 aromatic carbocycles. The summed E-state index contributed by atoms with van der Waals surface area (Å²) < 4.78 is 6.90. The molecule has 1 aliphatic heterocycles. The molecular weight excluding hydrogens is 473 g/mol. The van der Waals surface area contributed by atoms with Crippen LogP contribution in [0.1, 0.15) is 34.5 Å². The van der Waals surface area contributed by atoms with E-state index >= 15 is 0 Å². The molecular formula is C31H23Cl2NO. The van der Waals surface area contributed by atoms with Gasteiger partial charge in [0.1, 0.15) is 5.75 Å². The predicted octanol–water partition coefficient (Wildman–Crippen LogP) is 9.14. The molecule has 1 aliphatic rings. The second kappa shape index (κ2) is 8.96. The molecule has 172 valence electrons. The van der Waals surface area contributed by atoms with Gasteiger partial charge in [-0.1, -0.05) is 102 Å². The van der Waals surface area contributed by atoms with Crippen LogP contribution in [0.3, 0.4) is 0 Å². The van der Waals surface area contributed by atoms with Crippen LogP contribution in [0.25, 0.3) is 10.8 Å². The van der Waals surface area contributed by atoms with Crippen molar-refractivity contribution in [3.63, 3.8) is 0 Å². The van der Waals surface area contributed by atoms with Gasteiger partial charge in [0.25, 0.3) is 0 Å². The number of hydrogen-bond acceptors (Lipinski definition) is 2. The molecule has 1 heterocycles. The van der Waals surface area contributed by atoms with Crippen LogP contribution in [-0.4, -0.2) is 0 Å². The Bertz CT molecular complexity index is 1490. The zero-order valence-electron chi connectivity index (χ0n) is 19.2. The third-order valence-corrected chi connectivity index (χ3v) is 7.14. The number of rotatable bonds is 3. The third kappa shape index (κ3) is 4.03. The number of anilines is 1. The maximum atomic E-state index is 6.90. The molecule has 0 amide bonds. The average molecular weight is 496 g/mol. The minimum Gasteiger partial charge on any atom is -0.465 e. The first-order valence-electron chi connectivity index (χ1n) is 11.6. The highest BCUT2D eigenvalue weighted by atomic mass is 35.5. The summed E-state index contributed by atoms with van der Waals surface area (Å²) in [5.74, 6) is 0.909. The van der Waals surface area contributed by atoms with E-state index in [0.29, 0.717) is 5.02 Å². The van der Waals surface area contributed by atoms with Crippen molar-refractivity contribution < 1.29 is 4.74 Å². The van der Waals surface area contributed by atoms with E-state index in [-0.39, 0.29) is 12.3 Å². The van der Waals surface area contributed by atoms with Crippen LogP contribution in [0.5, 0.6) is 5.75 Å². The molecule has 0 spiro atoms. The number of nitrogens with zero attached hydrogens (tertiary/aromatic N) is 1. The SMILES string of the molecule is Cc1ccc(N2[C@H](c3ccc(Cl)cc3)c3ccc4ccccc4c3O[C@@H]2c2ccc(Cl)cc2)cc1. The lowest BCUT2D eigenvalue weighted by Crippen LogP contribution is -2.40. The molecule has 0 N–H and O–H groups in total. The second-order valence-corrected chi connectivity index (χ2v) is 9.80. The van der Waals surface area contributed by atoms with Gasteiger partial charge in [-0.3, -0.25) is 0 Å². The molecule has 0 saturated heterocycles. The van der Waals surface area contributed by atoms with Gasteiger partial charge in [0, 0.05) is 32.2 Å². The highest BCUT2D eigenvalue weighted by molar-refractivity contribution is 6.30. The van der Waals surface area contributed by atoms with Gasteiger partial charge in [-0.25, -0.2) is 0 Å². The lowest BCUT2D eigenvalue weighted by molar-refractivity contribution is 0.172. The van der Waals surface area contributed by atoms with Crippen molar-refractivity contribution in [1.82, 2.24) is 0 Å². The van der Waals surface area contributed by atoms with Crippen molar-refractivity contribution in [3.05, 3.63) is 141 Å². The first-order chi connectivity index (χ1) is 17.1. The number of aryl methyl sites for hydroxylation is 1. The van der Waals surface area contributed by atoms with Crippen molar-refractivity contribution in [2.75, 3.05) is 4.90 Å². The largest absolute Gasteiger partial charge is 0.465 e. The number of fused-ring (bicyclic) bond motifs is 3. The molecule has 0 saturated carbocycles. The van der Waals surface area contributed by atoms with Gasteiger partial charge in [0.15, 0.2) is 6.23 Å². The Hall–Kier alpha value is -3.46. The Labute approximate surface area is 215 Å². The van der Waals surface area contributed by atoms with Gasteiger partial charge in [-0.15, -0.1) is 0 Å². The molecule has 0 aliphatic carbocycles. The van der Waals surface area contributed by atoms with Crippen molar-refractivity contribution in [2.45, 2.75) is 19.2 Å². The van der Waals surface area contributed by atoms with E-state index in [2.05, 4.69) is 84.6 Å². The Kier molecular flexibility index (Phi) is 5.64. The predicted molar refractivity (Wildman–Crippen MR) is 146 cm³/mol. The Balaban J connectivity index is 1.64. The molecule has 0 aromatic heterocycles. The van der Waals surface area contributed by atoms with Crippen molar-refractivity contribution in [1.29, 1.82) is 0 Å². The van der Waals surface area contributed by atoms with Crippen LogP contribution in [-0.2, 0) is 0 Å². The molecule has 4 heteroatoms. The lowest BCUT2D eigenvalue weighted by Gasteiger charge is -2.45. The Morgan fingerprint density at radius 2 is 1.29 bits per heavy atom. The van der Waals surface area contributed by atoms with Crippen LogP contribution in [0.2, 0.25) is 10.0 Å². The normalized spacial score (nSPS) is 17.2. The van der Waals surface area contributed by atoms with Gasteiger partial charge in [0.2, 0.25) is 0 Å². The molecule has 5 aromatic rings. The maximum absolute atomic E-state index is 6.90. The summed E-state index contributed by atoms with van der Waals surface area (Å²) in [5.41, 5.74) is 5.59. The van der Waals surface area contributed by atoms with E-state index < -0.39 is 0 Å². The van der Waals surface area contributed by atoms with Gasteiger partial charge in [0.05, 0.1) is 6.04 Å². The molecule has 35 heavy (non-hydrogen) atoms. The van der Waals surface area contributed by atoms with Crippen LogP contribution < -0.4 is 9.64 Å². The zero-order valence-corrected chi connectivity index (χ0v) is 20.7. The number of halogens is 2. The lowest BCUT2D eigenvalue weighted by atomic mass is 9.90. The van der Waals surface area contributed by atoms with E-state index in [9.17, 15) is 0 Å². The first-order valence-corrected chi connectivity index (χ1v) is 12.4. The van der Waals surface area contributed by atoms with E-state index in [1.807, 2.05) is 36.4 Å². The second-order valence-electron chi connectivity index (χ2n) is 8.92. The molecule has 6 rings (SSSR count). The fourth-order valence-corrected chi connectivity index (χ4v) is 5.15. The summed E-state index contributed by atoms with van der Waals surface area (Å²) in [5, 5.41) is 3.67. The topological polar surface area (TPSA) is 12.5 Å². The Morgan fingerprint density at radius 3 is 1.97 bits per heavy atom. The van der Waals surface area contributed by atoms with E-state index in [4.69, 9.17) is 27.9 Å². The summed E-state index contributed by atoms with van der Waals surface area (Å²) >= 11 is 12.5. The fourth-order valence-electron chi connectivity index (χ4n) is 4.90. The highest BCUT2D eigenvalue weighted by Gasteiger charge is 2.38. The zero-order chi connectivity index (χ0) is 23.9. The van der Waals surface area contributed by atoms with Gasteiger partial charge >= 0.3 is 0 Å². The summed E-state index contributed by atoms with van der Waals surface area (Å²) in [6, 6.07) is 37.3. The van der Waals surface area contributed by atoms with E-state index in [1.54, 1.807) is 0 Å². The molecule has 0 fully saturated rings. The van der Waals surface area contributed by atoms with Crippen LogP contribution in [0.15, 0.2) is 109 Å². The van der Waals surface area contributed by atoms with E-state index in [1.165, 1.54) is 5.56 Å². The van der Waals surface area contributed by atoms with Crippen LogP contribution >= 0.6 is 23.2 Å². The van der Waals surface area contributed by atoms with Gasteiger partial charge in [-0.05, 0) is 54.3 Å². The maximum Gasteiger partial charge on any atom is 0.199 e. The van der Waals surface area contributed by atoms with Crippen molar-refractivity contribution in [3.8, 4) is 5.75 Å². The smallest absolute Gasteiger partial charge is 0.199 e. The third-order valence-electron chi connectivity index (χ3n) is 6.64. The molecule has 2 nitrogen and oxygen atoms in total. The molecule has 0 unspecified atom stereocenters.